The van der Waals surface area contributed by atoms with Crippen LogP contribution in [0.5, 0.6) is 0 Å². The lowest BCUT2D eigenvalue weighted by Crippen LogP contribution is -2.46. The van der Waals surface area contributed by atoms with E-state index in [9.17, 15) is 8.42 Å². The quantitative estimate of drug-likeness (QED) is 0.915. The Balaban J connectivity index is 0.00000220. The van der Waals surface area contributed by atoms with E-state index in [4.69, 9.17) is 5.26 Å². The largest absolute Gasteiger partial charge is 0.316 e. The number of nitrogens with one attached hydrogen (secondary N) is 1. The van der Waals surface area contributed by atoms with Gasteiger partial charge in [0, 0.05) is 19.1 Å². The Morgan fingerprint density at radius 3 is 2.76 bits per heavy atom. The van der Waals surface area contributed by atoms with Crippen LogP contribution in [0, 0.1) is 18.3 Å². The molecule has 21 heavy (non-hydrogen) atoms. The van der Waals surface area contributed by atoms with Crippen molar-refractivity contribution in [3.8, 4) is 6.07 Å². The summed E-state index contributed by atoms with van der Waals surface area (Å²) in [7, 11) is -1.68. The van der Waals surface area contributed by atoms with Gasteiger partial charge in [0.25, 0.3) is 0 Å². The standard InChI is InChI=1S/C14H19N3O2S.ClH/c1-11-5-6-12(9-15)8-14(11)20(18,19)17-7-3-4-13(10-17)16-2;/h5-6,8,13,16H,3-4,7,10H2,1-2H3;1H. The maximum Gasteiger partial charge on any atom is 0.243 e. The predicted octanol–water partition coefficient (Wildman–Crippen LogP) is 1.66. The number of likely N-dealkylation sites (N-methyl/N-ethyl adjacent to an activating group) is 1. The van der Waals surface area contributed by atoms with Gasteiger partial charge < -0.3 is 5.32 Å². The van der Waals surface area contributed by atoms with Crippen LogP contribution in [-0.4, -0.2) is 38.9 Å². The van der Waals surface area contributed by atoms with Crippen LogP contribution in [0.1, 0.15) is 24.0 Å². The molecule has 7 heteroatoms. The van der Waals surface area contributed by atoms with E-state index in [-0.39, 0.29) is 23.3 Å². The fraction of sp³-hybridized carbons (Fsp3) is 0.500. The average molecular weight is 330 g/mol. The molecule has 1 saturated heterocycles. The van der Waals surface area contributed by atoms with Crippen molar-refractivity contribution >= 4 is 22.4 Å². The van der Waals surface area contributed by atoms with Gasteiger partial charge in [0.1, 0.15) is 0 Å². The van der Waals surface area contributed by atoms with E-state index in [1.807, 2.05) is 13.1 Å². The lowest BCUT2D eigenvalue weighted by atomic mass is 10.1. The summed E-state index contributed by atoms with van der Waals surface area (Å²) >= 11 is 0. The van der Waals surface area contributed by atoms with Gasteiger partial charge in [0.2, 0.25) is 10.0 Å². The molecule has 1 unspecified atom stereocenters. The highest BCUT2D eigenvalue weighted by Crippen LogP contribution is 2.24. The van der Waals surface area contributed by atoms with Gasteiger partial charge in [0.15, 0.2) is 0 Å². The molecule has 1 fully saturated rings. The van der Waals surface area contributed by atoms with Crippen molar-refractivity contribution < 1.29 is 8.42 Å². The van der Waals surface area contributed by atoms with Crippen molar-refractivity contribution in [2.24, 2.45) is 0 Å². The van der Waals surface area contributed by atoms with Crippen LogP contribution < -0.4 is 5.32 Å². The summed E-state index contributed by atoms with van der Waals surface area (Å²) in [6.07, 6.45) is 1.83. The van der Waals surface area contributed by atoms with Gasteiger partial charge in [-0.2, -0.15) is 9.57 Å². The minimum atomic E-state index is -3.53. The zero-order valence-corrected chi connectivity index (χ0v) is 13.8. The fourth-order valence-electron chi connectivity index (χ4n) is 2.48. The van der Waals surface area contributed by atoms with Crippen LogP contribution in [0.3, 0.4) is 0 Å². The Hall–Kier alpha value is -1.13. The minimum absolute atomic E-state index is 0. The zero-order chi connectivity index (χ0) is 14.8. The van der Waals surface area contributed by atoms with Crippen LogP contribution in [0.15, 0.2) is 23.1 Å². The van der Waals surface area contributed by atoms with Gasteiger partial charge in [-0.1, -0.05) is 6.07 Å². The van der Waals surface area contributed by atoms with Gasteiger partial charge in [-0.15, -0.1) is 12.4 Å². The molecule has 0 aromatic heterocycles. The van der Waals surface area contributed by atoms with E-state index < -0.39 is 10.0 Å². The maximum absolute atomic E-state index is 12.7. The van der Waals surface area contributed by atoms with Gasteiger partial charge in [-0.25, -0.2) is 8.42 Å². The molecule has 5 nitrogen and oxygen atoms in total. The normalized spacial score (nSPS) is 19.6. The molecule has 0 saturated carbocycles. The number of aryl methyl sites for hydroxylation is 1. The summed E-state index contributed by atoms with van der Waals surface area (Å²) in [5, 5.41) is 12.1. The third kappa shape index (κ3) is 3.74. The van der Waals surface area contributed by atoms with E-state index in [0.29, 0.717) is 24.2 Å². The average Bonchev–Trinajstić information content (AvgIpc) is 2.47. The van der Waals surface area contributed by atoms with Gasteiger partial charge in [0.05, 0.1) is 16.5 Å². The Morgan fingerprint density at radius 2 is 2.14 bits per heavy atom. The second kappa shape index (κ2) is 7.23. The number of halogens is 1. The molecule has 1 aromatic carbocycles. The molecule has 0 spiro atoms. The van der Waals surface area contributed by atoms with E-state index >= 15 is 0 Å². The van der Waals surface area contributed by atoms with Crippen molar-refractivity contribution in [2.75, 3.05) is 20.1 Å². The van der Waals surface area contributed by atoms with Crippen molar-refractivity contribution in [1.29, 1.82) is 5.26 Å². The molecule has 2 rings (SSSR count). The molecule has 1 aliphatic heterocycles. The van der Waals surface area contributed by atoms with Crippen molar-refractivity contribution in [2.45, 2.75) is 30.7 Å². The lowest BCUT2D eigenvalue weighted by Gasteiger charge is -2.32. The lowest BCUT2D eigenvalue weighted by molar-refractivity contribution is 0.292. The third-order valence-corrected chi connectivity index (χ3v) is 5.73. The SMILES string of the molecule is CNC1CCCN(S(=O)(=O)c2cc(C#N)ccc2C)C1.Cl. The second-order valence-electron chi connectivity index (χ2n) is 5.08. The summed E-state index contributed by atoms with van der Waals surface area (Å²) in [6, 6.07) is 6.98. The molecule has 1 atom stereocenters. The first-order valence-corrected chi connectivity index (χ1v) is 8.11. The van der Waals surface area contributed by atoms with Crippen LogP contribution in [-0.2, 0) is 10.0 Å². The number of hydrogen-bond donors (Lipinski definition) is 1. The van der Waals surface area contributed by atoms with E-state index in [2.05, 4.69) is 5.32 Å². The van der Waals surface area contributed by atoms with E-state index in [1.165, 1.54) is 10.4 Å². The Bertz CT molecular complexity index is 640. The summed E-state index contributed by atoms with van der Waals surface area (Å²) in [5.74, 6) is 0. The van der Waals surface area contributed by atoms with Gasteiger partial charge in [-0.3, -0.25) is 0 Å². The van der Waals surface area contributed by atoms with Crippen LogP contribution in [0.4, 0.5) is 0 Å². The monoisotopic (exact) mass is 329 g/mol. The number of benzene rings is 1. The number of nitrogens with zero attached hydrogens (tertiary/aromatic N) is 2. The number of piperidine rings is 1. The Labute approximate surface area is 132 Å². The molecule has 1 N–H and O–H groups in total. The first-order chi connectivity index (χ1) is 9.48. The maximum atomic E-state index is 12.7. The Morgan fingerprint density at radius 1 is 1.43 bits per heavy atom. The first-order valence-electron chi connectivity index (χ1n) is 6.67. The number of sulfonamides is 1. The molecule has 0 aliphatic carbocycles. The summed E-state index contributed by atoms with van der Waals surface area (Å²) in [5.41, 5.74) is 1.05. The van der Waals surface area contributed by atoms with Crippen molar-refractivity contribution in [3.05, 3.63) is 29.3 Å². The van der Waals surface area contributed by atoms with E-state index in [0.717, 1.165) is 12.8 Å². The molecule has 0 bridgehead atoms. The summed E-state index contributed by atoms with van der Waals surface area (Å²) in [4.78, 5) is 0.244. The van der Waals surface area contributed by atoms with Crippen LogP contribution in [0.25, 0.3) is 0 Å². The molecule has 116 valence electrons. The Kier molecular flexibility index (Phi) is 6.17. The first kappa shape index (κ1) is 17.9. The molecular formula is C14H20ClN3O2S. The highest BCUT2D eigenvalue weighted by molar-refractivity contribution is 7.89. The van der Waals surface area contributed by atoms with E-state index in [1.54, 1.807) is 19.1 Å². The summed E-state index contributed by atoms with van der Waals surface area (Å²) < 4.78 is 27.0. The van der Waals surface area contributed by atoms with Crippen LogP contribution in [0.2, 0.25) is 0 Å². The predicted molar refractivity (Wildman–Crippen MR) is 84.0 cm³/mol. The molecule has 1 aromatic rings. The highest BCUT2D eigenvalue weighted by Gasteiger charge is 2.30. The van der Waals surface area contributed by atoms with Crippen molar-refractivity contribution in [1.82, 2.24) is 9.62 Å². The molecule has 0 radical (unpaired) electrons. The molecular weight excluding hydrogens is 310 g/mol. The molecule has 0 amide bonds. The number of nitriles is 1. The number of rotatable bonds is 3. The number of hydrogen-bond acceptors (Lipinski definition) is 4. The topological polar surface area (TPSA) is 73.2 Å². The smallest absolute Gasteiger partial charge is 0.243 e. The fourth-order valence-corrected chi connectivity index (χ4v) is 4.26. The molecule has 1 heterocycles. The highest BCUT2D eigenvalue weighted by atomic mass is 35.5. The third-order valence-electron chi connectivity index (χ3n) is 3.73. The summed E-state index contributed by atoms with van der Waals surface area (Å²) in [6.45, 7) is 2.78. The van der Waals surface area contributed by atoms with Gasteiger partial charge in [-0.05, 0) is 44.5 Å². The zero-order valence-electron chi connectivity index (χ0n) is 12.2. The van der Waals surface area contributed by atoms with Crippen molar-refractivity contribution in [3.63, 3.8) is 0 Å². The second-order valence-corrected chi connectivity index (χ2v) is 6.99. The molecule has 1 aliphatic rings. The van der Waals surface area contributed by atoms with Gasteiger partial charge >= 0.3 is 0 Å². The van der Waals surface area contributed by atoms with Crippen LogP contribution >= 0.6 is 12.4 Å². The minimum Gasteiger partial charge on any atom is -0.316 e.